The van der Waals surface area contributed by atoms with Crippen molar-refractivity contribution in [1.82, 2.24) is 8.61 Å². The Morgan fingerprint density at radius 1 is 1.05 bits per heavy atom. The van der Waals surface area contributed by atoms with Crippen LogP contribution in [0.2, 0.25) is 0 Å². The van der Waals surface area contributed by atoms with Gasteiger partial charge in [-0.15, -0.1) is 11.6 Å². The average molecular weight is 337 g/mol. The normalized spacial score (nSPS) is 33.8. The molecule has 1 aliphatic carbocycles. The van der Waals surface area contributed by atoms with E-state index in [0.717, 1.165) is 38.5 Å². The summed E-state index contributed by atoms with van der Waals surface area (Å²) in [6.07, 6.45) is 6.03. The Morgan fingerprint density at radius 3 is 2.48 bits per heavy atom. The predicted molar refractivity (Wildman–Crippen MR) is 82.6 cm³/mol. The summed E-state index contributed by atoms with van der Waals surface area (Å²) in [4.78, 5) is 0. The molecule has 1 saturated carbocycles. The number of morpholine rings is 1. The molecule has 122 valence electrons. The largest absolute Gasteiger partial charge is 0.375 e. The Labute approximate surface area is 132 Å². The Balaban J connectivity index is 1.71. The smallest absolute Gasteiger partial charge is 0.282 e. The first-order chi connectivity index (χ1) is 10.1. The maximum atomic E-state index is 13.0. The van der Waals surface area contributed by atoms with E-state index in [4.69, 9.17) is 16.3 Å². The summed E-state index contributed by atoms with van der Waals surface area (Å²) in [5.74, 6) is 1.10. The van der Waals surface area contributed by atoms with Crippen LogP contribution in [0.15, 0.2) is 0 Å². The van der Waals surface area contributed by atoms with Crippen molar-refractivity contribution < 1.29 is 13.2 Å². The maximum absolute atomic E-state index is 13.0. The fourth-order valence-electron chi connectivity index (χ4n) is 3.79. The van der Waals surface area contributed by atoms with Crippen LogP contribution in [-0.2, 0) is 14.9 Å². The molecule has 3 rings (SSSR count). The number of halogens is 1. The number of rotatable bonds is 3. The zero-order valence-electron chi connectivity index (χ0n) is 12.4. The Bertz CT molecular complexity index is 449. The van der Waals surface area contributed by atoms with Crippen molar-refractivity contribution in [3.05, 3.63) is 0 Å². The average Bonchev–Trinajstić information content (AvgIpc) is 2.54. The summed E-state index contributed by atoms with van der Waals surface area (Å²) in [7, 11) is -3.34. The van der Waals surface area contributed by atoms with Crippen molar-refractivity contribution in [2.75, 3.05) is 32.1 Å². The SMILES string of the molecule is O=S(=O)(N1CCC(CCl)CC1)N1CCOC2CCCCC21. The molecule has 0 aromatic carbocycles. The molecule has 5 nitrogen and oxygen atoms in total. The first kappa shape index (κ1) is 16.0. The van der Waals surface area contributed by atoms with Gasteiger partial charge in [-0.3, -0.25) is 0 Å². The van der Waals surface area contributed by atoms with E-state index < -0.39 is 10.2 Å². The molecule has 0 aromatic heterocycles. The first-order valence-electron chi connectivity index (χ1n) is 8.07. The standard InChI is InChI=1S/C14H25ClN2O3S/c15-11-12-5-7-16(8-6-12)21(18,19)17-9-10-20-14-4-2-1-3-13(14)17/h12-14H,1-11H2. The third-order valence-corrected chi connectivity index (χ3v) is 7.60. The minimum atomic E-state index is -3.34. The number of fused-ring (bicyclic) bond motifs is 1. The van der Waals surface area contributed by atoms with Gasteiger partial charge in [-0.1, -0.05) is 12.8 Å². The monoisotopic (exact) mass is 336 g/mol. The molecule has 2 aliphatic heterocycles. The van der Waals surface area contributed by atoms with Crippen LogP contribution < -0.4 is 0 Å². The molecule has 21 heavy (non-hydrogen) atoms. The molecule has 2 saturated heterocycles. The Hall–Kier alpha value is 0.120. The van der Waals surface area contributed by atoms with Gasteiger partial charge in [-0.25, -0.2) is 0 Å². The number of ether oxygens (including phenoxy) is 1. The van der Waals surface area contributed by atoms with Crippen LogP contribution in [-0.4, -0.2) is 61.3 Å². The highest BCUT2D eigenvalue weighted by Gasteiger charge is 2.43. The van der Waals surface area contributed by atoms with E-state index in [1.807, 2.05) is 0 Å². The first-order valence-corrected chi connectivity index (χ1v) is 10.0. The zero-order valence-corrected chi connectivity index (χ0v) is 14.0. The van der Waals surface area contributed by atoms with Gasteiger partial charge in [0.05, 0.1) is 18.8 Å². The van der Waals surface area contributed by atoms with Gasteiger partial charge >= 0.3 is 0 Å². The molecule has 2 unspecified atom stereocenters. The van der Waals surface area contributed by atoms with E-state index in [-0.39, 0.29) is 12.1 Å². The second-order valence-corrected chi connectivity index (χ2v) is 8.57. The highest BCUT2D eigenvalue weighted by molar-refractivity contribution is 7.86. The van der Waals surface area contributed by atoms with Gasteiger partial charge in [0, 0.05) is 25.5 Å². The lowest BCUT2D eigenvalue weighted by Gasteiger charge is -2.45. The molecule has 0 bridgehead atoms. The van der Waals surface area contributed by atoms with Crippen molar-refractivity contribution in [3.63, 3.8) is 0 Å². The van der Waals surface area contributed by atoms with E-state index in [1.165, 1.54) is 0 Å². The predicted octanol–water partition coefficient (Wildman–Crippen LogP) is 1.83. The van der Waals surface area contributed by atoms with Crippen molar-refractivity contribution in [2.45, 2.75) is 50.7 Å². The molecule has 3 fully saturated rings. The zero-order chi connectivity index (χ0) is 14.9. The molecule has 0 N–H and O–H groups in total. The van der Waals surface area contributed by atoms with Crippen molar-refractivity contribution in [3.8, 4) is 0 Å². The van der Waals surface area contributed by atoms with E-state index in [1.54, 1.807) is 8.61 Å². The van der Waals surface area contributed by atoms with Crippen LogP contribution in [0.3, 0.4) is 0 Å². The lowest BCUT2D eigenvalue weighted by molar-refractivity contribution is -0.0604. The van der Waals surface area contributed by atoms with Crippen LogP contribution in [0.25, 0.3) is 0 Å². The van der Waals surface area contributed by atoms with Crippen LogP contribution in [0.5, 0.6) is 0 Å². The molecular weight excluding hydrogens is 312 g/mol. The number of nitrogens with zero attached hydrogens (tertiary/aromatic N) is 2. The fourth-order valence-corrected chi connectivity index (χ4v) is 5.96. The van der Waals surface area contributed by atoms with Gasteiger partial charge in [0.1, 0.15) is 0 Å². The number of hydrogen-bond acceptors (Lipinski definition) is 3. The third kappa shape index (κ3) is 3.24. The number of piperidine rings is 1. The molecular formula is C14H25ClN2O3S. The highest BCUT2D eigenvalue weighted by atomic mass is 35.5. The molecule has 0 amide bonds. The molecule has 2 atom stereocenters. The van der Waals surface area contributed by atoms with Crippen molar-refractivity contribution >= 4 is 21.8 Å². The van der Waals surface area contributed by atoms with Crippen molar-refractivity contribution in [1.29, 1.82) is 0 Å². The fraction of sp³-hybridized carbons (Fsp3) is 1.00. The quantitative estimate of drug-likeness (QED) is 0.739. The minimum absolute atomic E-state index is 0.0447. The second-order valence-electron chi connectivity index (χ2n) is 6.38. The van der Waals surface area contributed by atoms with Gasteiger partial charge in [0.15, 0.2) is 0 Å². The summed E-state index contributed by atoms with van der Waals surface area (Å²) < 4.78 is 35.1. The highest BCUT2D eigenvalue weighted by Crippen LogP contribution is 2.32. The minimum Gasteiger partial charge on any atom is -0.375 e. The summed E-state index contributed by atoms with van der Waals surface area (Å²) >= 11 is 5.89. The van der Waals surface area contributed by atoms with Gasteiger partial charge in [0.2, 0.25) is 0 Å². The maximum Gasteiger partial charge on any atom is 0.282 e. The van der Waals surface area contributed by atoms with Crippen LogP contribution in [0.1, 0.15) is 38.5 Å². The molecule has 0 aromatic rings. The summed E-state index contributed by atoms with van der Waals surface area (Å²) in [6, 6.07) is 0.0447. The molecule has 3 aliphatic rings. The van der Waals surface area contributed by atoms with E-state index in [9.17, 15) is 8.42 Å². The van der Waals surface area contributed by atoms with E-state index in [0.29, 0.717) is 38.0 Å². The van der Waals surface area contributed by atoms with Crippen LogP contribution >= 0.6 is 11.6 Å². The molecule has 7 heteroatoms. The number of alkyl halides is 1. The lowest BCUT2D eigenvalue weighted by Crippen LogP contribution is -2.59. The second kappa shape index (κ2) is 6.71. The Morgan fingerprint density at radius 2 is 1.76 bits per heavy atom. The van der Waals surface area contributed by atoms with Gasteiger partial charge < -0.3 is 4.74 Å². The summed E-state index contributed by atoms with van der Waals surface area (Å²) in [6.45, 7) is 2.24. The van der Waals surface area contributed by atoms with E-state index in [2.05, 4.69) is 0 Å². The topological polar surface area (TPSA) is 49.9 Å². The number of hydrogen-bond donors (Lipinski definition) is 0. The van der Waals surface area contributed by atoms with Gasteiger partial charge in [-0.05, 0) is 31.6 Å². The molecule has 0 radical (unpaired) electrons. The summed E-state index contributed by atoms with van der Waals surface area (Å²) in [5, 5.41) is 0. The van der Waals surface area contributed by atoms with Gasteiger partial charge in [0.25, 0.3) is 10.2 Å². The Kier molecular flexibility index (Phi) is 5.11. The third-order valence-electron chi connectivity index (χ3n) is 5.10. The molecule has 2 heterocycles. The lowest BCUT2D eigenvalue weighted by atomic mass is 9.91. The van der Waals surface area contributed by atoms with Crippen LogP contribution in [0.4, 0.5) is 0 Å². The molecule has 0 spiro atoms. The van der Waals surface area contributed by atoms with E-state index >= 15 is 0 Å². The van der Waals surface area contributed by atoms with Crippen LogP contribution in [0, 0.1) is 5.92 Å². The summed E-state index contributed by atoms with van der Waals surface area (Å²) in [5.41, 5.74) is 0. The van der Waals surface area contributed by atoms with Gasteiger partial charge in [-0.2, -0.15) is 17.0 Å². The van der Waals surface area contributed by atoms with Crippen molar-refractivity contribution in [2.24, 2.45) is 5.92 Å².